The van der Waals surface area contributed by atoms with Gasteiger partial charge in [0.2, 0.25) is 0 Å². The highest BCUT2D eigenvalue weighted by Gasteiger charge is 2.10. The summed E-state index contributed by atoms with van der Waals surface area (Å²) >= 11 is 0. The van der Waals surface area contributed by atoms with Crippen LogP contribution in [0, 0.1) is 0 Å². The number of para-hydroxylation sites is 1. The van der Waals surface area contributed by atoms with Crippen molar-refractivity contribution in [1.29, 1.82) is 0 Å². The lowest BCUT2D eigenvalue weighted by Gasteiger charge is -2.05. The highest BCUT2D eigenvalue weighted by molar-refractivity contribution is 7.91. The Morgan fingerprint density at radius 3 is 2.70 bits per heavy atom. The standard InChI is InChI=1S/C15H22N2O2S/c1-2-20(18,19)11-5-10-17-12-13(8-9-16)14-6-3-4-7-15(14)17/h3-4,6-7,12H,2,5,8-11,16H2,1H3. The Kier molecular flexibility index (Phi) is 4.83. The second-order valence-electron chi connectivity index (χ2n) is 4.99. The average Bonchev–Trinajstić information content (AvgIpc) is 2.78. The number of nitrogens with two attached hydrogens (primary N) is 1. The third-order valence-corrected chi connectivity index (χ3v) is 5.37. The summed E-state index contributed by atoms with van der Waals surface area (Å²) in [7, 11) is -2.88. The molecule has 0 saturated heterocycles. The molecular formula is C15H22N2O2S. The van der Waals surface area contributed by atoms with E-state index < -0.39 is 9.84 Å². The number of rotatable bonds is 7. The lowest BCUT2D eigenvalue weighted by molar-refractivity contribution is 0.589. The van der Waals surface area contributed by atoms with Gasteiger partial charge in [0.1, 0.15) is 9.84 Å². The Balaban J connectivity index is 2.18. The van der Waals surface area contributed by atoms with Gasteiger partial charge in [0.05, 0.1) is 5.75 Å². The number of benzene rings is 1. The summed E-state index contributed by atoms with van der Waals surface area (Å²) < 4.78 is 25.2. The van der Waals surface area contributed by atoms with E-state index in [1.165, 1.54) is 10.9 Å². The van der Waals surface area contributed by atoms with Crippen LogP contribution in [0.3, 0.4) is 0 Å². The minimum absolute atomic E-state index is 0.220. The number of aromatic nitrogens is 1. The predicted octanol–water partition coefficient (Wildman–Crippen LogP) is 1.97. The summed E-state index contributed by atoms with van der Waals surface area (Å²) in [6.45, 7) is 3.04. The van der Waals surface area contributed by atoms with Crippen molar-refractivity contribution in [3.8, 4) is 0 Å². The van der Waals surface area contributed by atoms with Gasteiger partial charge in [-0.15, -0.1) is 0 Å². The molecule has 1 aromatic carbocycles. The summed E-state index contributed by atoms with van der Waals surface area (Å²) in [5, 5.41) is 1.22. The van der Waals surface area contributed by atoms with Crippen LogP contribution >= 0.6 is 0 Å². The molecule has 1 aromatic heterocycles. The zero-order chi connectivity index (χ0) is 14.6. The van der Waals surface area contributed by atoms with Crippen LogP contribution in [-0.4, -0.2) is 31.0 Å². The molecule has 0 aliphatic carbocycles. The van der Waals surface area contributed by atoms with Crippen molar-refractivity contribution < 1.29 is 8.42 Å². The Morgan fingerprint density at radius 1 is 1.25 bits per heavy atom. The van der Waals surface area contributed by atoms with Crippen LogP contribution in [0.5, 0.6) is 0 Å². The van der Waals surface area contributed by atoms with E-state index in [1.54, 1.807) is 6.92 Å². The van der Waals surface area contributed by atoms with Gasteiger partial charge in [-0.25, -0.2) is 8.42 Å². The molecule has 0 spiro atoms. The van der Waals surface area contributed by atoms with Crippen LogP contribution < -0.4 is 5.73 Å². The van der Waals surface area contributed by atoms with E-state index in [9.17, 15) is 8.42 Å². The van der Waals surface area contributed by atoms with Gasteiger partial charge in [0.15, 0.2) is 0 Å². The fourth-order valence-corrected chi connectivity index (χ4v) is 3.32. The van der Waals surface area contributed by atoms with Gasteiger partial charge in [-0.2, -0.15) is 0 Å². The Hall–Kier alpha value is -1.33. The van der Waals surface area contributed by atoms with Gasteiger partial charge >= 0.3 is 0 Å². The molecule has 20 heavy (non-hydrogen) atoms. The molecule has 4 nitrogen and oxygen atoms in total. The third kappa shape index (κ3) is 3.41. The van der Waals surface area contributed by atoms with Gasteiger partial charge in [-0.1, -0.05) is 25.1 Å². The molecule has 2 aromatic rings. The number of sulfone groups is 1. The second kappa shape index (κ2) is 6.41. The first-order valence-corrected chi connectivity index (χ1v) is 8.87. The lowest BCUT2D eigenvalue weighted by atomic mass is 10.1. The van der Waals surface area contributed by atoms with Crippen molar-refractivity contribution in [2.24, 2.45) is 5.73 Å². The molecule has 0 amide bonds. The highest BCUT2D eigenvalue weighted by atomic mass is 32.2. The average molecular weight is 294 g/mol. The number of hydrogen-bond donors (Lipinski definition) is 1. The molecule has 0 aliphatic rings. The van der Waals surface area contributed by atoms with Gasteiger partial charge in [-0.3, -0.25) is 0 Å². The smallest absolute Gasteiger partial charge is 0.150 e. The molecule has 0 fully saturated rings. The van der Waals surface area contributed by atoms with E-state index in [-0.39, 0.29) is 11.5 Å². The van der Waals surface area contributed by atoms with E-state index >= 15 is 0 Å². The van der Waals surface area contributed by atoms with Gasteiger partial charge in [0.25, 0.3) is 0 Å². The number of hydrogen-bond acceptors (Lipinski definition) is 3. The summed E-state index contributed by atoms with van der Waals surface area (Å²) in [6, 6.07) is 8.20. The molecule has 0 atom stereocenters. The van der Waals surface area contributed by atoms with Crippen LogP contribution in [0.2, 0.25) is 0 Å². The zero-order valence-corrected chi connectivity index (χ0v) is 12.7. The van der Waals surface area contributed by atoms with Crippen molar-refractivity contribution in [1.82, 2.24) is 4.57 Å². The minimum Gasteiger partial charge on any atom is -0.347 e. The number of fused-ring (bicyclic) bond motifs is 1. The normalized spacial score (nSPS) is 12.1. The fourth-order valence-electron chi connectivity index (χ4n) is 2.46. The maximum atomic E-state index is 11.5. The molecule has 1 heterocycles. The minimum atomic E-state index is -2.88. The third-order valence-electron chi connectivity index (χ3n) is 3.58. The van der Waals surface area contributed by atoms with Crippen LogP contribution in [0.4, 0.5) is 0 Å². The van der Waals surface area contributed by atoms with Crippen LogP contribution in [-0.2, 0) is 22.8 Å². The molecule has 110 valence electrons. The van der Waals surface area contributed by atoms with E-state index in [4.69, 9.17) is 5.73 Å². The summed E-state index contributed by atoms with van der Waals surface area (Å²) in [5.74, 6) is 0.472. The van der Waals surface area contributed by atoms with Crippen LogP contribution in [0.15, 0.2) is 30.5 Å². The predicted molar refractivity (Wildman–Crippen MR) is 83.6 cm³/mol. The Bertz CT molecular complexity index is 674. The molecule has 0 radical (unpaired) electrons. The van der Waals surface area contributed by atoms with E-state index in [0.29, 0.717) is 13.0 Å². The highest BCUT2D eigenvalue weighted by Crippen LogP contribution is 2.22. The van der Waals surface area contributed by atoms with E-state index in [2.05, 4.69) is 22.9 Å². The largest absolute Gasteiger partial charge is 0.347 e. The van der Waals surface area contributed by atoms with Crippen LogP contribution in [0.25, 0.3) is 10.9 Å². The molecule has 0 unspecified atom stereocenters. The van der Waals surface area contributed by atoms with Crippen molar-refractivity contribution in [3.63, 3.8) is 0 Å². The molecule has 2 N–H and O–H groups in total. The quantitative estimate of drug-likeness (QED) is 0.849. The molecule has 2 rings (SSSR count). The molecule has 0 saturated carbocycles. The first-order chi connectivity index (χ1) is 9.57. The number of nitrogens with zero attached hydrogens (tertiary/aromatic N) is 1. The molecular weight excluding hydrogens is 272 g/mol. The second-order valence-corrected chi connectivity index (χ2v) is 7.47. The summed E-state index contributed by atoms with van der Waals surface area (Å²) in [4.78, 5) is 0. The maximum Gasteiger partial charge on any atom is 0.150 e. The van der Waals surface area contributed by atoms with Gasteiger partial charge in [-0.05, 0) is 31.0 Å². The number of aryl methyl sites for hydroxylation is 1. The maximum absolute atomic E-state index is 11.5. The molecule has 0 aliphatic heterocycles. The SMILES string of the molecule is CCS(=O)(=O)CCCn1cc(CCN)c2ccccc21. The monoisotopic (exact) mass is 294 g/mol. The first kappa shape index (κ1) is 15.1. The Morgan fingerprint density at radius 2 is 2.00 bits per heavy atom. The fraction of sp³-hybridized carbons (Fsp3) is 0.467. The van der Waals surface area contributed by atoms with E-state index in [0.717, 1.165) is 18.5 Å². The molecule has 5 heteroatoms. The van der Waals surface area contributed by atoms with Gasteiger partial charge in [0, 0.05) is 29.4 Å². The molecule has 0 bridgehead atoms. The Labute approximate surface area is 120 Å². The van der Waals surface area contributed by atoms with Crippen molar-refractivity contribution >= 4 is 20.7 Å². The lowest BCUT2D eigenvalue weighted by Crippen LogP contribution is -2.11. The summed E-state index contributed by atoms with van der Waals surface area (Å²) in [6.07, 6.45) is 3.60. The topological polar surface area (TPSA) is 65.1 Å². The van der Waals surface area contributed by atoms with E-state index in [1.807, 2.05) is 12.1 Å². The van der Waals surface area contributed by atoms with Crippen molar-refractivity contribution in [2.75, 3.05) is 18.1 Å². The zero-order valence-electron chi connectivity index (χ0n) is 11.9. The van der Waals surface area contributed by atoms with Crippen LogP contribution in [0.1, 0.15) is 18.9 Å². The first-order valence-electron chi connectivity index (χ1n) is 7.04. The summed E-state index contributed by atoms with van der Waals surface area (Å²) in [5.41, 5.74) is 8.04. The van der Waals surface area contributed by atoms with Gasteiger partial charge < -0.3 is 10.3 Å². The van der Waals surface area contributed by atoms with Crippen molar-refractivity contribution in [3.05, 3.63) is 36.0 Å². The van der Waals surface area contributed by atoms with Crippen molar-refractivity contribution in [2.45, 2.75) is 26.3 Å².